The van der Waals surface area contributed by atoms with Crippen LogP contribution in [0, 0.1) is 7.14 Å². The summed E-state index contributed by atoms with van der Waals surface area (Å²) in [7, 11) is 0. The van der Waals surface area contributed by atoms with Gasteiger partial charge < -0.3 is 0 Å². The molecule has 0 heterocycles. The number of alkyl halides is 12. The quantitative estimate of drug-likeness (QED) is 0.158. The predicted molar refractivity (Wildman–Crippen MR) is 129 cm³/mol. The Labute approximate surface area is 232 Å². The second-order valence-corrected chi connectivity index (χ2v) is 11.3. The third-order valence-electron chi connectivity index (χ3n) is 7.02. The zero-order valence-corrected chi connectivity index (χ0v) is 22.2. The normalized spacial score (nSPS) is 17.6. The molecule has 2 aliphatic rings. The van der Waals surface area contributed by atoms with Crippen molar-refractivity contribution in [2.45, 2.75) is 35.5 Å². The summed E-state index contributed by atoms with van der Waals surface area (Å²) in [6.45, 7) is 0. The molecule has 0 bridgehead atoms. The number of rotatable bonds is 0. The first kappa shape index (κ1) is 27.8. The van der Waals surface area contributed by atoms with Crippen molar-refractivity contribution in [2.24, 2.45) is 0 Å². The number of hydrogen-bond acceptors (Lipinski definition) is 0. The van der Waals surface area contributed by atoms with E-state index in [-0.39, 0.29) is 19.3 Å². The Kier molecular flexibility index (Phi) is 5.81. The second kappa shape index (κ2) is 7.94. The lowest BCUT2D eigenvalue weighted by Crippen LogP contribution is -2.54. The molecule has 0 atom stereocenters. The molecule has 0 nitrogen and oxygen atoms in total. The van der Waals surface area contributed by atoms with Crippen LogP contribution in [0.2, 0.25) is 0 Å². The van der Waals surface area contributed by atoms with Gasteiger partial charge in [-0.05, 0) is 126 Å². The number of halogens is 14. The molecule has 0 spiro atoms. The Balaban J connectivity index is 2.03. The summed E-state index contributed by atoms with van der Waals surface area (Å²) in [6.07, 6.45) is -24.2. The van der Waals surface area contributed by atoms with E-state index in [1.54, 1.807) is 0 Å². The van der Waals surface area contributed by atoms with Crippen molar-refractivity contribution in [3.05, 3.63) is 77.9 Å². The maximum Gasteiger partial charge on any atom is 0.411 e. The Morgan fingerprint density at radius 1 is 0.395 bits per heavy atom. The monoisotopic (exact) mass is 778 g/mol. The summed E-state index contributed by atoms with van der Waals surface area (Å²) in [5.74, 6) is 0. The zero-order valence-electron chi connectivity index (χ0n) is 17.9. The molecule has 0 fully saturated rings. The number of hydrogen-bond donors (Lipinski definition) is 0. The molecule has 0 aliphatic heterocycles. The zero-order chi connectivity index (χ0) is 28.4. The average molecular weight is 778 g/mol. The van der Waals surface area contributed by atoms with Gasteiger partial charge in [-0.3, -0.25) is 0 Å². The fraction of sp³-hybridized carbons (Fsp3) is 0.250. The van der Waals surface area contributed by atoms with Crippen LogP contribution < -0.4 is 0 Å². The van der Waals surface area contributed by atoms with Crippen LogP contribution in [-0.4, -0.2) is 24.7 Å². The van der Waals surface area contributed by atoms with Gasteiger partial charge in [-0.25, -0.2) is 0 Å². The van der Waals surface area contributed by atoms with Crippen molar-refractivity contribution in [1.29, 1.82) is 0 Å². The summed E-state index contributed by atoms with van der Waals surface area (Å²) in [6, 6.07) is 5.52. The van der Waals surface area contributed by atoms with Crippen molar-refractivity contribution in [3.63, 3.8) is 0 Å². The second-order valence-electron chi connectivity index (χ2n) is 8.81. The van der Waals surface area contributed by atoms with Crippen molar-refractivity contribution >= 4 is 45.2 Å². The molecule has 3 aromatic carbocycles. The third kappa shape index (κ3) is 3.24. The highest BCUT2D eigenvalue weighted by atomic mass is 127. The molecule has 0 saturated carbocycles. The summed E-state index contributed by atoms with van der Waals surface area (Å²) in [4.78, 5) is 0. The first-order chi connectivity index (χ1) is 17.2. The van der Waals surface area contributed by atoms with Gasteiger partial charge in [0.25, 0.3) is 0 Å². The highest BCUT2D eigenvalue weighted by Gasteiger charge is 2.78. The van der Waals surface area contributed by atoms with Gasteiger partial charge in [0.05, 0.1) is 0 Å². The van der Waals surface area contributed by atoms with Crippen LogP contribution in [0.1, 0.15) is 22.3 Å². The van der Waals surface area contributed by atoms with Crippen LogP contribution in [-0.2, 0) is 10.8 Å². The van der Waals surface area contributed by atoms with Gasteiger partial charge in [0, 0.05) is 7.14 Å². The lowest BCUT2D eigenvalue weighted by Gasteiger charge is -2.37. The van der Waals surface area contributed by atoms with Crippen LogP contribution in [0.3, 0.4) is 0 Å². The van der Waals surface area contributed by atoms with Gasteiger partial charge in [-0.1, -0.05) is 12.1 Å². The van der Waals surface area contributed by atoms with Gasteiger partial charge in [0.15, 0.2) is 0 Å². The number of benzene rings is 3. The van der Waals surface area contributed by atoms with E-state index in [0.29, 0.717) is 12.1 Å². The van der Waals surface area contributed by atoms with Crippen LogP contribution in [0.25, 0.3) is 22.3 Å². The van der Waals surface area contributed by atoms with Crippen molar-refractivity contribution in [2.75, 3.05) is 0 Å². The summed E-state index contributed by atoms with van der Waals surface area (Å²) in [5, 5.41) is 0. The largest absolute Gasteiger partial charge is 0.411 e. The van der Waals surface area contributed by atoms with Crippen LogP contribution in [0.5, 0.6) is 0 Å². The molecule has 3 aromatic rings. The van der Waals surface area contributed by atoms with Crippen LogP contribution in [0.4, 0.5) is 52.7 Å². The highest BCUT2D eigenvalue weighted by Crippen LogP contribution is 2.68. The molecule has 14 heteroatoms. The first-order valence-corrected chi connectivity index (χ1v) is 12.4. The van der Waals surface area contributed by atoms with Crippen molar-refractivity contribution in [3.8, 4) is 22.3 Å². The lowest BCUT2D eigenvalue weighted by atomic mass is 9.74. The maximum absolute atomic E-state index is 14.5. The van der Waals surface area contributed by atoms with E-state index < -0.39 is 80.0 Å². The summed E-state index contributed by atoms with van der Waals surface area (Å²) >= 11 is 2.95. The molecule has 0 amide bonds. The van der Waals surface area contributed by atoms with E-state index in [2.05, 4.69) is 0 Å². The van der Waals surface area contributed by atoms with E-state index >= 15 is 0 Å². The van der Waals surface area contributed by atoms with Gasteiger partial charge in [-0.2, -0.15) is 52.7 Å². The molecular formula is C24H8F12I2. The van der Waals surface area contributed by atoms with Crippen molar-refractivity contribution < 1.29 is 52.7 Å². The SMILES string of the molecule is FC(F)(F)C1(C(F)(F)F)c2cc(I)ccc2-c2cc3c(cc21)-c1ccc(I)cc1C3(C(F)(F)F)C(F)(F)F. The average Bonchev–Trinajstić information content (AvgIpc) is 3.17. The van der Waals surface area contributed by atoms with E-state index in [4.69, 9.17) is 0 Å². The smallest absolute Gasteiger partial charge is 0.169 e. The Morgan fingerprint density at radius 3 is 0.921 bits per heavy atom. The van der Waals surface area contributed by atoms with Gasteiger partial charge >= 0.3 is 24.7 Å². The minimum absolute atomic E-state index is 0.0422. The molecule has 0 N–H and O–H groups in total. The standard InChI is InChI=1S/C24H8F12I2/c25-21(26,27)19(22(28,29)30)15-5-9(37)1-3-11(15)13-7-18-14(8-17(13)19)12-4-2-10(38)6-16(12)20(18,23(31,32)33)24(34,35)36/h1-8H. The topological polar surface area (TPSA) is 0 Å². The van der Waals surface area contributed by atoms with E-state index in [0.717, 1.165) is 24.3 Å². The third-order valence-corrected chi connectivity index (χ3v) is 8.36. The van der Waals surface area contributed by atoms with Crippen molar-refractivity contribution in [1.82, 2.24) is 0 Å². The van der Waals surface area contributed by atoms with E-state index in [9.17, 15) is 52.7 Å². The molecule has 0 radical (unpaired) electrons. The fourth-order valence-corrected chi connectivity index (χ4v) is 6.60. The van der Waals surface area contributed by atoms with Gasteiger partial charge in [0.1, 0.15) is 0 Å². The van der Waals surface area contributed by atoms with Crippen LogP contribution >= 0.6 is 45.2 Å². The lowest BCUT2D eigenvalue weighted by molar-refractivity contribution is -0.289. The minimum Gasteiger partial charge on any atom is -0.169 e. The summed E-state index contributed by atoms with van der Waals surface area (Å²) < 4.78 is 175. The molecular weight excluding hydrogens is 770 g/mol. The number of fused-ring (bicyclic) bond motifs is 6. The molecule has 5 rings (SSSR count). The highest BCUT2D eigenvalue weighted by molar-refractivity contribution is 14.1. The molecule has 38 heavy (non-hydrogen) atoms. The molecule has 0 unspecified atom stereocenters. The Morgan fingerprint density at radius 2 is 0.658 bits per heavy atom. The van der Waals surface area contributed by atoms with E-state index in [1.807, 2.05) is 0 Å². The molecule has 0 saturated heterocycles. The molecule has 202 valence electrons. The molecule has 0 aromatic heterocycles. The fourth-order valence-electron chi connectivity index (χ4n) is 5.62. The first-order valence-electron chi connectivity index (χ1n) is 10.3. The molecule has 2 aliphatic carbocycles. The maximum atomic E-state index is 14.5. The minimum atomic E-state index is -6.04. The summed E-state index contributed by atoms with van der Waals surface area (Å²) in [5.41, 5.74) is -18.4. The van der Waals surface area contributed by atoms with Gasteiger partial charge in [-0.15, -0.1) is 0 Å². The Hall–Kier alpha value is -1.72. The van der Waals surface area contributed by atoms with Crippen LogP contribution in [0.15, 0.2) is 48.5 Å². The van der Waals surface area contributed by atoms with E-state index in [1.165, 1.54) is 45.2 Å². The predicted octanol–water partition coefficient (Wildman–Crippen LogP) is 9.68. The van der Waals surface area contributed by atoms with Gasteiger partial charge in [0.2, 0.25) is 10.8 Å². The Bertz CT molecular complexity index is 1350.